The lowest BCUT2D eigenvalue weighted by atomic mass is 10.00. The van der Waals surface area contributed by atoms with Gasteiger partial charge in [0.1, 0.15) is 23.4 Å². The Bertz CT molecular complexity index is 1620. The van der Waals surface area contributed by atoms with Gasteiger partial charge >= 0.3 is 6.09 Å². The van der Waals surface area contributed by atoms with E-state index in [9.17, 15) is 9.59 Å². The molecule has 1 saturated heterocycles. The number of amides is 2. The van der Waals surface area contributed by atoms with Crippen LogP contribution in [0.25, 0.3) is 10.8 Å². The highest BCUT2D eigenvalue weighted by Gasteiger charge is 2.37. The molecule has 1 fully saturated rings. The minimum Gasteiger partial charge on any atom is -0.497 e. The number of fused-ring (bicyclic) bond motifs is 1. The molecule has 0 radical (unpaired) electrons. The fraction of sp³-hybridized carbons (Fsp3) is 0.233. The molecular formula is C30H30FN5O4S. The summed E-state index contributed by atoms with van der Waals surface area (Å²) in [6, 6.07) is 15.5. The van der Waals surface area contributed by atoms with E-state index in [0.29, 0.717) is 40.8 Å². The van der Waals surface area contributed by atoms with Gasteiger partial charge in [0, 0.05) is 40.0 Å². The highest BCUT2D eigenvalue weighted by atomic mass is 32.1. The summed E-state index contributed by atoms with van der Waals surface area (Å²) in [6.45, 7) is 0.467. The molecule has 0 unspecified atom stereocenters. The molecule has 2 amide bonds. The Kier molecular flexibility index (Phi) is 8.16. The van der Waals surface area contributed by atoms with Crippen molar-refractivity contribution in [1.82, 2.24) is 9.88 Å². The Morgan fingerprint density at radius 1 is 1.10 bits per heavy atom. The molecule has 1 aliphatic rings. The molecular weight excluding hydrogens is 545 g/mol. The van der Waals surface area contributed by atoms with Crippen LogP contribution >= 0.6 is 12.6 Å². The van der Waals surface area contributed by atoms with Gasteiger partial charge in [-0.15, -0.1) is 12.6 Å². The molecule has 3 aromatic carbocycles. The summed E-state index contributed by atoms with van der Waals surface area (Å²) in [5.74, 6) is -0.0312. The predicted molar refractivity (Wildman–Crippen MR) is 159 cm³/mol. The largest absolute Gasteiger partial charge is 0.497 e. The first-order valence-electron chi connectivity index (χ1n) is 13.0. The van der Waals surface area contributed by atoms with Crippen molar-refractivity contribution < 1.29 is 23.5 Å². The zero-order valence-electron chi connectivity index (χ0n) is 22.6. The molecule has 0 bridgehead atoms. The summed E-state index contributed by atoms with van der Waals surface area (Å²) in [4.78, 5) is 32.7. The van der Waals surface area contributed by atoms with E-state index in [0.717, 1.165) is 22.8 Å². The van der Waals surface area contributed by atoms with Crippen molar-refractivity contribution >= 4 is 52.6 Å². The number of halogens is 1. The van der Waals surface area contributed by atoms with E-state index in [-0.39, 0.29) is 17.5 Å². The van der Waals surface area contributed by atoms with Gasteiger partial charge in [0.15, 0.2) is 0 Å². The number of benzene rings is 3. The average molecular weight is 576 g/mol. The van der Waals surface area contributed by atoms with Gasteiger partial charge in [0.2, 0.25) is 5.91 Å². The maximum Gasteiger partial charge on any atom is 0.411 e. The van der Waals surface area contributed by atoms with Crippen LogP contribution < -0.4 is 21.1 Å². The molecule has 4 N–H and O–H groups in total. The molecule has 4 aromatic rings. The standard InChI is InChI=1S/C30H30FN5O4S/c1-39-20-7-9-24(31)22(16-20)27(34-18-5-8-21-17(14-18)11-12-33-28(21)32)29(37)36-13-3-4-25(36)23-15-19(6-10-26(23)41)35-30(38)40-2/h5-12,14-16,25,27,34,41H,3-4,13H2,1-2H3,(H2,32,33)(H,35,38)/t25-,27+/m1/s1. The summed E-state index contributed by atoms with van der Waals surface area (Å²) in [7, 11) is 2.77. The normalized spacial score (nSPS) is 15.4. The van der Waals surface area contributed by atoms with E-state index in [1.807, 2.05) is 18.2 Å². The van der Waals surface area contributed by atoms with Crippen molar-refractivity contribution in [3.63, 3.8) is 0 Å². The molecule has 0 aliphatic carbocycles. The highest BCUT2D eigenvalue weighted by molar-refractivity contribution is 7.80. The molecule has 1 aromatic heterocycles. The van der Waals surface area contributed by atoms with Crippen molar-refractivity contribution in [3.05, 3.63) is 83.8 Å². The van der Waals surface area contributed by atoms with Crippen molar-refractivity contribution in [3.8, 4) is 5.75 Å². The van der Waals surface area contributed by atoms with Crippen molar-refractivity contribution in [2.45, 2.75) is 29.8 Å². The number of pyridine rings is 1. The first-order valence-corrected chi connectivity index (χ1v) is 13.5. The third-order valence-corrected chi connectivity index (χ3v) is 7.63. The second-order valence-corrected chi connectivity index (χ2v) is 10.2. The number of ether oxygens (including phenoxy) is 2. The number of methoxy groups -OCH3 is 2. The smallest absolute Gasteiger partial charge is 0.411 e. The van der Waals surface area contributed by atoms with Crippen molar-refractivity contribution in [2.24, 2.45) is 0 Å². The van der Waals surface area contributed by atoms with Crippen molar-refractivity contribution in [1.29, 1.82) is 0 Å². The van der Waals surface area contributed by atoms with E-state index < -0.39 is 18.0 Å². The summed E-state index contributed by atoms with van der Waals surface area (Å²) in [5.41, 5.74) is 8.07. The van der Waals surface area contributed by atoms with Crippen LogP contribution in [0.5, 0.6) is 5.75 Å². The van der Waals surface area contributed by atoms with Crippen LogP contribution in [0, 0.1) is 5.82 Å². The van der Waals surface area contributed by atoms with Gasteiger partial charge in [-0.2, -0.15) is 0 Å². The monoisotopic (exact) mass is 575 g/mol. The molecule has 212 valence electrons. The number of nitrogens with one attached hydrogen (secondary N) is 2. The predicted octanol–water partition coefficient (Wildman–Crippen LogP) is 5.95. The number of rotatable bonds is 7. The second-order valence-electron chi connectivity index (χ2n) is 9.68. The van der Waals surface area contributed by atoms with Crippen LogP contribution in [0.1, 0.15) is 36.1 Å². The van der Waals surface area contributed by atoms with E-state index in [1.54, 1.807) is 35.4 Å². The van der Waals surface area contributed by atoms with Crippen LogP contribution in [-0.4, -0.2) is 42.6 Å². The summed E-state index contributed by atoms with van der Waals surface area (Å²) >= 11 is 4.64. The molecule has 9 nitrogen and oxygen atoms in total. The molecule has 1 aliphatic heterocycles. The Morgan fingerprint density at radius 2 is 1.90 bits per heavy atom. The SMILES string of the molecule is COC(=O)Nc1ccc(S)c([C@H]2CCCN2C(=O)[C@@H](Nc2ccc3c(N)nccc3c2)c2cc(OC)ccc2F)c1. The van der Waals surface area contributed by atoms with Gasteiger partial charge in [0.25, 0.3) is 0 Å². The van der Waals surface area contributed by atoms with E-state index in [4.69, 9.17) is 15.2 Å². The maximum atomic E-state index is 15.3. The molecule has 2 heterocycles. The third kappa shape index (κ3) is 5.85. The number of nitrogen functional groups attached to an aromatic ring is 1. The minimum absolute atomic E-state index is 0.154. The number of thiol groups is 1. The minimum atomic E-state index is -1.07. The molecule has 2 atom stereocenters. The van der Waals surface area contributed by atoms with Crippen molar-refractivity contribution in [2.75, 3.05) is 37.1 Å². The Labute approximate surface area is 242 Å². The number of hydrogen-bond acceptors (Lipinski definition) is 8. The average Bonchev–Trinajstić information content (AvgIpc) is 3.47. The number of carbonyl (C=O) groups excluding carboxylic acids is 2. The number of anilines is 3. The molecule has 11 heteroatoms. The van der Waals surface area contributed by atoms with Gasteiger partial charge < -0.3 is 25.4 Å². The van der Waals surface area contributed by atoms with Gasteiger partial charge in [-0.05, 0) is 84.5 Å². The molecule has 5 rings (SSSR count). The molecule has 41 heavy (non-hydrogen) atoms. The summed E-state index contributed by atoms with van der Waals surface area (Å²) < 4.78 is 25.4. The first kappa shape index (κ1) is 28.0. The lowest BCUT2D eigenvalue weighted by Crippen LogP contribution is -2.38. The van der Waals surface area contributed by atoms with Crippen LogP contribution in [0.4, 0.5) is 26.4 Å². The fourth-order valence-electron chi connectivity index (χ4n) is 5.19. The lowest BCUT2D eigenvalue weighted by Gasteiger charge is -2.31. The van der Waals surface area contributed by atoms with E-state index >= 15 is 4.39 Å². The van der Waals surface area contributed by atoms with Gasteiger partial charge in [-0.1, -0.05) is 0 Å². The Balaban J connectivity index is 1.53. The fourth-order valence-corrected chi connectivity index (χ4v) is 5.48. The van der Waals surface area contributed by atoms with Crippen LogP contribution in [0.3, 0.4) is 0 Å². The molecule has 0 saturated carbocycles. The topological polar surface area (TPSA) is 119 Å². The third-order valence-electron chi connectivity index (χ3n) is 7.22. The first-order chi connectivity index (χ1) is 19.8. The van der Waals surface area contributed by atoms with Crippen LogP contribution in [0.15, 0.2) is 71.8 Å². The van der Waals surface area contributed by atoms with E-state index in [2.05, 4.69) is 28.2 Å². The number of hydrogen-bond donors (Lipinski definition) is 4. The van der Waals surface area contributed by atoms with Gasteiger partial charge in [-0.3, -0.25) is 10.1 Å². The number of nitrogens with zero attached hydrogens (tertiary/aromatic N) is 2. The molecule has 0 spiro atoms. The summed E-state index contributed by atoms with van der Waals surface area (Å²) in [6.07, 6.45) is 2.43. The van der Waals surface area contributed by atoms with Gasteiger partial charge in [-0.25, -0.2) is 14.2 Å². The zero-order valence-corrected chi connectivity index (χ0v) is 23.5. The number of nitrogens with two attached hydrogens (primary N) is 1. The quantitative estimate of drug-likeness (QED) is 0.201. The summed E-state index contributed by atoms with van der Waals surface area (Å²) in [5, 5.41) is 7.53. The number of carbonyl (C=O) groups is 2. The maximum absolute atomic E-state index is 15.3. The Morgan fingerprint density at radius 3 is 2.68 bits per heavy atom. The number of aromatic nitrogens is 1. The van der Waals surface area contributed by atoms with Gasteiger partial charge in [0.05, 0.1) is 20.3 Å². The number of likely N-dealkylation sites (tertiary alicyclic amines) is 1. The Hall–Kier alpha value is -4.51. The lowest BCUT2D eigenvalue weighted by molar-refractivity contribution is -0.133. The second kappa shape index (κ2) is 11.9. The zero-order chi connectivity index (χ0) is 29.1. The van der Waals surface area contributed by atoms with E-state index in [1.165, 1.54) is 32.4 Å². The van der Waals surface area contributed by atoms with Crippen LogP contribution in [-0.2, 0) is 9.53 Å². The van der Waals surface area contributed by atoms with Crippen LogP contribution in [0.2, 0.25) is 0 Å². The highest BCUT2D eigenvalue weighted by Crippen LogP contribution is 2.39.